The van der Waals surface area contributed by atoms with Crippen LogP contribution in [-0.4, -0.2) is 9.97 Å². The average molecular weight is 317 g/mol. The molecule has 0 aliphatic heterocycles. The summed E-state index contributed by atoms with van der Waals surface area (Å²) in [7, 11) is 0. The van der Waals surface area contributed by atoms with Crippen molar-refractivity contribution in [1.29, 1.82) is 0 Å². The molecule has 0 spiro atoms. The Bertz CT molecular complexity index is 409. The van der Waals surface area contributed by atoms with Crippen molar-refractivity contribution in [2.45, 2.75) is 20.8 Å². The molecule has 0 fully saturated rings. The molecule has 0 saturated heterocycles. The van der Waals surface area contributed by atoms with E-state index < -0.39 is 11.6 Å². The second-order valence-electron chi connectivity index (χ2n) is 2.89. The maximum absolute atomic E-state index is 11.9. The Morgan fingerprint density at radius 1 is 1.00 bits per heavy atom. The number of aryl methyl sites for hydroxylation is 1. The lowest BCUT2D eigenvalue weighted by molar-refractivity contribution is 0.583. The zero-order chi connectivity index (χ0) is 14.0. The fourth-order valence-corrected chi connectivity index (χ4v) is 1.04. The van der Waals surface area contributed by atoms with E-state index in [1.54, 1.807) is 12.4 Å². The van der Waals surface area contributed by atoms with Crippen molar-refractivity contribution in [2.24, 2.45) is 0 Å². The summed E-state index contributed by atoms with van der Waals surface area (Å²) in [5.74, 6) is -0.275. The third-order valence-electron chi connectivity index (χ3n) is 1.54. The minimum Gasteiger partial charge on any atom is -0.241 e. The molecule has 2 nitrogen and oxygen atoms in total. The highest BCUT2D eigenvalue weighted by Gasteiger charge is 1.88. The fraction of sp³-hybridized carbons (Fsp3) is 0.231. The van der Waals surface area contributed by atoms with Crippen LogP contribution in [0.2, 0.25) is 0 Å². The van der Waals surface area contributed by atoms with Crippen LogP contribution in [-0.2, 0) is 0 Å². The molecular weight excluding hydrogens is 302 g/mol. The summed E-state index contributed by atoms with van der Waals surface area (Å²) >= 11 is 3.22. The highest BCUT2D eigenvalue weighted by molar-refractivity contribution is 9.10. The van der Waals surface area contributed by atoms with Gasteiger partial charge in [0, 0.05) is 18.5 Å². The van der Waals surface area contributed by atoms with E-state index in [2.05, 4.69) is 25.9 Å². The molecule has 5 heteroatoms. The minimum absolute atomic E-state index is 0.537. The first kappa shape index (κ1) is 16.6. The summed E-state index contributed by atoms with van der Waals surface area (Å²) in [6.07, 6.45) is 3.45. The minimum atomic E-state index is -0.537. The van der Waals surface area contributed by atoms with Crippen LogP contribution in [0.3, 0.4) is 0 Å². The molecule has 2 rings (SSSR count). The Labute approximate surface area is 114 Å². The number of aromatic nitrogens is 2. The number of nitrogens with zero attached hydrogens (tertiary/aromatic N) is 2. The second-order valence-corrected chi connectivity index (χ2v) is 3.80. The second kappa shape index (κ2) is 9.65. The van der Waals surface area contributed by atoms with Crippen molar-refractivity contribution in [2.75, 3.05) is 0 Å². The van der Waals surface area contributed by atoms with Gasteiger partial charge in [0.05, 0.1) is 4.47 Å². The van der Waals surface area contributed by atoms with Gasteiger partial charge in [0.15, 0.2) is 0 Å². The fourth-order valence-electron chi connectivity index (χ4n) is 0.837. The maximum Gasteiger partial charge on any atom is 0.126 e. The molecule has 0 atom stereocenters. The summed E-state index contributed by atoms with van der Waals surface area (Å²) in [5.41, 5.74) is 0. The van der Waals surface area contributed by atoms with Gasteiger partial charge >= 0.3 is 0 Å². The molecule has 0 radical (unpaired) electrons. The van der Waals surface area contributed by atoms with Gasteiger partial charge in [-0.25, -0.2) is 18.7 Å². The van der Waals surface area contributed by atoms with Gasteiger partial charge in [0.2, 0.25) is 0 Å². The van der Waals surface area contributed by atoms with Crippen molar-refractivity contribution < 1.29 is 8.78 Å². The third-order valence-corrected chi connectivity index (χ3v) is 1.95. The highest BCUT2D eigenvalue weighted by atomic mass is 79.9. The van der Waals surface area contributed by atoms with E-state index in [9.17, 15) is 8.78 Å². The molecule has 0 aliphatic rings. The number of hydrogen-bond acceptors (Lipinski definition) is 2. The van der Waals surface area contributed by atoms with Crippen LogP contribution >= 0.6 is 15.9 Å². The van der Waals surface area contributed by atoms with E-state index in [0.717, 1.165) is 16.4 Å². The molecule has 2 aromatic rings. The Balaban J connectivity index is 0.000000283. The first-order valence-electron chi connectivity index (χ1n) is 5.43. The van der Waals surface area contributed by atoms with Crippen LogP contribution in [0.25, 0.3) is 0 Å². The summed E-state index contributed by atoms with van der Waals surface area (Å²) in [6.45, 7) is 5.85. The average Bonchev–Trinajstić information content (AvgIpc) is 2.36. The summed E-state index contributed by atoms with van der Waals surface area (Å²) in [4.78, 5) is 7.84. The van der Waals surface area contributed by atoms with Gasteiger partial charge in [-0.1, -0.05) is 19.9 Å². The van der Waals surface area contributed by atoms with Crippen molar-refractivity contribution in [3.63, 3.8) is 0 Å². The topological polar surface area (TPSA) is 25.8 Å². The van der Waals surface area contributed by atoms with E-state index in [1.807, 2.05) is 20.8 Å². The smallest absolute Gasteiger partial charge is 0.126 e. The van der Waals surface area contributed by atoms with E-state index >= 15 is 0 Å². The molecule has 0 N–H and O–H groups in total. The molecule has 1 aromatic heterocycles. The van der Waals surface area contributed by atoms with Crippen molar-refractivity contribution >= 4 is 15.9 Å². The van der Waals surface area contributed by atoms with Crippen LogP contribution in [0.4, 0.5) is 8.78 Å². The van der Waals surface area contributed by atoms with Gasteiger partial charge in [-0.2, -0.15) is 0 Å². The number of hydrogen-bond donors (Lipinski definition) is 0. The van der Waals surface area contributed by atoms with Crippen LogP contribution < -0.4 is 0 Å². The number of rotatable bonds is 0. The zero-order valence-corrected chi connectivity index (χ0v) is 12.1. The maximum atomic E-state index is 11.9. The van der Waals surface area contributed by atoms with Gasteiger partial charge < -0.3 is 0 Å². The normalized spacial score (nSPS) is 8.56. The lowest BCUT2D eigenvalue weighted by Crippen LogP contribution is -1.82. The van der Waals surface area contributed by atoms with Crippen molar-refractivity contribution in [3.05, 3.63) is 58.6 Å². The number of benzene rings is 1. The molecule has 0 unspecified atom stereocenters. The quantitative estimate of drug-likeness (QED) is 0.713. The molecule has 0 amide bonds. The molecular formula is C13H15BrF2N2. The van der Waals surface area contributed by atoms with Gasteiger partial charge in [-0.3, -0.25) is 0 Å². The summed E-state index contributed by atoms with van der Waals surface area (Å²) < 4.78 is 24.8. The first-order chi connectivity index (χ1) is 8.58. The Kier molecular flexibility index (Phi) is 8.92. The molecule has 0 saturated carbocycles. The monoisotopic (exact) mass is 316 g/mol. The van der Waals surface area contributed by atoms with E-state index in [0.29, 0.717) is 0 Å². The predicted molar refractivity (Wildman–Crippen MR) is 72.2 cm³/mol. The van der Waals surface area contributed by atoms with Crippen molar-refractivity contribution in [3.8, 4) is 0 Å². The SMILES string of the molecule is CC.Cc1ncc(Br)cn1.Fc1cccc(F)c1. The van der Waals surface area contributed by atoms with Gasteiger partial charge in [-0.15, -0.1) is 0 Å². The Morgan fingerprint density at radius 2 is 1.44 bits per heavy atom. The molecule has 18 heavy (non-hydrogen) atoms. The Morgan fingerprint density at radius 3 is 1.72 bits per heavy atom. The lowest BCUT2D eigenvalue weighted by atomic mass is 10.3. The zero-order valence-electron chi connectivity index (χ0n) is 10.5. The molecule has 1 aromatic carbocycles. The molecule has 1 heterocycles. The number of halogens is 3. The molecule has 98 valence electrons. The van der Waals surface area contributed by atoms with E-state index in [-0.39, 0.29) is 0 Å². The summed E-state index contributed by atoms with van der Waals surface area (Å²) in [6, 6.07) is 4.55. The lowest BCUT2D eigenvalue weighted by Gasteiger charge is -1.87. The highest BCUT2D eigenvalue weighted by Crippen LogP contribution is 2.02. The van der Waals surface area contributed by atoms with Crippen LogP contribution in [0.5, 0.6) is 0 Å². The summed E-state index contributed by atoms with van der Waals surface area (Å²) in [5, 5.41) is 0. The van der Waals surface area contributed by atoms with Crippen LogP contribution in [0, 0.1) is 18.6 Å². The van der Waals surface area contributed by atoms with Gasteiger partial charge in [0.1, 0.15) is 17.5 Å². The first-order valence-corrected chi connectivity index (χ1v) is 6.22. The van der Waals surface area contributed by atoms with E-state index in [1.165, 1.54) is 18.2 Å². The molecule has 0 bridgehead atoms. The van der Waals surface area contributed by atoms with Gasteiger partial charge in [-0.05, 0) is 35.0 Å². The Hall–Kier alpha value is -1.36. The van der Waals surface area contributed by atoms with Crippen LogP contribution in [0.15, 0.2) is 41.1 Å². The van der Waals surface area contributed by atoms with E-state index in [4.69, 9.17) is 0 Å². The standard InChI is InChI=1S/C6H4F2.C5H5BrN2.C2H6/c7-5-2-1-3-6(8)4-5;1-4-7-2-5(6)3-8-4;1-2/h1-4H;2-3H,1H3;1-2H3. The van der Waals surface area contributed by atoms with Crippen molar-refractivity contribution in [1.82, 2.24) is 9.97 Å². The third kappa shape index (κ3) is 7.84. The largest absolute Gasteiger partial charge is 0.241 e. The van der Waals surface area contributed by atoms with Crippen LogP contribution in [0.1, 0.15) is 19.7 Å². The predicted octanol–water partition coefficient (Wildman–Crippen LogP) is 4.54. The molecule has 0 aliphatic carbocycles. The van der Waals surface area contributed by atoms with Gasteiger partial charge in [0.25, 0.3) is 0 Å².